The van der Waals surface area contributed by atoms with Gasteiger partial charge < -0.3 is 15.8 Å². The summed E-state index contributed by atoms with van der Waals surface area (Å²) in [6, 6.07) is 3.79. The van der Waals surface area contributed by atoms with Crippen LogP contribution in [0.4, 0.5) is 0 Å². The van der Waals surface area contributed by atoms with Crippen LogP contribution >= 0.6 is 0 Å². The molecule has 0 aromatic carbocycles. The Labute approximate surface area is 127 Å². The van der Waals surface area contributed by atoms with Gasteiger partial charge in [-0.15, -0.1) is 0 Å². The van der Waals surface area contributed by atoms with Crippen LogP contribution in [0.2, 0.25) is 0 Å². The minimum absolute atomic E-state index is 0.0806. The topological polar surface area (TPSA) is 77.2 Å². The van der Waals surface area contributed by atoms with Crippen LogP contribution < -0.4 is 15.8 Å². The maximum atomic E-state index is 11.8. The van der Waals surface area contributed by atoms with E-state index < -0.39 is 6.10 Å². The first-order valence-electron chi connectivity index (χ1n) is 7.67. The van der Waals surface area contributed by atoms with Crippen molar-refractivity contribution in [2.45, 2.75) is 58.6 Å². The number of hydrogen-bond acceptors (Lipinski definition) is 4. The number of pyridine rings is 1. The van der Waals surface area contributed by atoms with Crippen molar-refractivity contribution in [2.75, 3.05) is 6.54 Å². The molecule has 3 N–H and O–H groups in total. The first-order chi connectivity index (χ1) is 10.0. The van der Waals surface area contributed by atoms with Crippen LogP contribution in [0.5, 0.6) is 5.75 Å². The number of rotatable bonds is 9. The highest BCUT2D eigenvalue weighted by Crippen LogP contribution is 2.12. The molecule has 0 bridgehead atoms. The second-order valence-corrected chi connectivity index (χ2v) is 5.42. The summed E-state index contributed by atoms with van der Waals surface area (Å²) in [7, 11) is 0. The highest BCUT2D eigenvalue weighted by atomic mass is 16.5. The molecule has 0 radical (unpaired) electrons. The molecule has 0 spiro atoms. The Morgan fingerprint density at radius 1 is 1.38 bits per heavy atom. The lowest BCUT2D eigenvalue weighted by Crippen LogP contribution is -2.36. The first kappa shape index (κ1) is 17.4. The standard InChI is InChI=1S/C16H27N3O2/c1-4-5-6-9-18-16(20)13(3)21-15-8-7-14(19-11-15)10-12(2)17/h7-8,11-13H,4-6,9-10,17H2,1-3H3,(H,18,20). The summed E-state index contributed by atoms with van der Waals surface area (Å²) in [5.74, 6) is 0.505. The Morgan fingerprint density at radius 3 is 2.71 bits per heavy atom. The van der Waals surface area contributed by atoms with E-state index in [1.807, 2.05) is 19.1 Å². The van der Waals surface area contributed by atoms with Gasteiger partial charge in [0.05, 0.1) is 6.20 Å². The molecule has 2 atom stereocenters. The summed E-state index contributed by atoms with van der Waals surface area (Å²) >= 11 is 0. The number of nitrogens with one attached hydrogen (secondary N) is 1. The van der Waals surface area contributed by atoms with Gasteiger partial charge in [-0.05, 0) is 32.4 Å². The van der Waals surface area contributed by atoms with Gasteiger partial charge in [0, 0.05) is 24.7 Å². The van der Waals surface area contributed by atoms with Gasteiger partial charge in [0.15, 0.2) is 6.10 Å². The second kappa shape index (κ2) is 9.34. The second-order valence-electron chi connectivity index (χ2n) is 5.42. The molecule has 2 unspecified atom stereocenters. The van der Waals surface area contributed by atoms with E-state index in [4.69, 9.17) is 10.5 Å². The molecule has 118 valence electrons. The van der Waals surface area contributed by atoms with Gasteiger partial charge in [0.1, 0.15) is 5.75 Å². The number of carbonyl (C=O) groups is 1. The third-order valence-electron chi connectivity index (χ3n) is 3.09. The predicted octanol–water partition coefficient (Wildman–Crippen LogP) is 2.04. The number of hydrogen-bond donors (Lipinski definition) is 2. The zero-order valence-corrected chi connectivity index (χ0v) is 13.3. The summed E-state index contributed by atoms with van der Waals surface area (Å²) in [5, 5.41) is 2.87. The average Bonchev–Trinajstić information content (AvgIpc) is 2.45. The Hall–Kier alpha value is -1.62. The number of carbonyl (C=O) groups excluding carboxylic acids is 1. The van der Waals surface area contributed by atoms with Gasteiger partial charge in [-0.3, -0.25) is 9.78 Å². The van der Waals surface area contributed by atoms with E-state index in [1.165, 1.54) is 0 Å². The quantitative estimate of drug-likeness (QED) is 0.683. The van der Waals surface area contributed by atoms with Crippen molar-refractivity contribution in [3.8, 4) is 5.75 Å². The normalized spacial score (nSPS) is 13.5. The third-order valence-corrected chi connectivity index (χ3v) is 3.09. The molecular formula is C16H27N3O2. The van der Waals surface area contributed by atoms with Crippen LogP contribution in [0.3, 0.4) is 0 Å². The van der Waals surface area contributed by atoms with E-state index in [9.17, 15) is 4.79 Å². The minimum Gasteiger partial charge on any atom is -0.479 e. The molecule has 0 aliphatic carbocycles. The molecular weight excluding hydrogens is 266 g/mol. The fourth-order valence-corrected chi connectivity index (χ4v) is 1.92. The van der Waals surface area contributed by atoms with Gasteiger partial charge in [-0.2, -0.15) is 0 Å². The van der Waals surface area contributed by atoms with Gasteiger partial charge in [-0.1, -0.05) is 19.8 Å². The van der Waals surface area contributed by atoms with Crippen LogP contribution in [0.1, 0.15) is 45.7 Å². The van der Waals surface area contributed by atoms with E-state index >= 15 is 0 Å². The lowest BCUT2D eigenvalue weighted by Gasteiger charge is -2.14. The molecule has 5 nitrogen and oxygen atoms in total. The molecule has 5 heteroatoms. The maximum Gasteiger partial charge on any atom is 0.260 e. The summed E-state index contributed by atoms with van der Waals surface area (Å²) < 4.78 is 5.59. The van der Waals surface area contributed by atoms with Gasteiger partial charge in [0.25, 0.3) is 5.91 Å². The van der Waals surface area contributed by atoms with Crippen molar-refractivity contribution in [3.05, 3.63) is 24.0 Å². The van der Waals surface area contributed by atoms with Crippen molar-refractivity contribution in [1.82, 2.24) is 10.3 Å². The van der Waals surface area contributed by atoms with Crippen molar-refractivity contribution in [1.29, 1.82) is 0 Å². The van der Waals surface area contributed by atoms with Crippen LogP contribution in [-0.4, -0.2) is 29.6 Å². The molecule has 1 aromatic heterocycles. The smallest absolute Gasteiger partial charge is 0.260 e. The molecule has 21 heavy (non-hydrogen) atoms. The molecule has 0 aliphatic heterocycles. The molecule has 1 heterocycles. The van der Waals surface area contributed by atoms with Crippen LogP contribution in [-0.2, 0) is 11.2 Å². The van der Waals surface area contributed by atoms with E-state index in [0.29, 0.717) is 12.3 Å². The van der Waals surface area contributed by atoms with E-state index in [1.54, 1.807) is 13.1 Å². The van der Waals surface area contributed by atoms with Crippen LogP contribution in [0.15, 0.2) is 18.3 Å². The van der Waals surface area contributed by atoms with Crippen LogP contribution in [0.25, 0.3) is 0 Å². The Morgan fingerprint density at radius 2 is 2.14 bits per heavy atom. The average molecular weight is 293 g/mol. The van der Waals surface area contributed by atoms with Crippen molar-refractivity contribution in [2.24, 2.45) is 5.73 Å². The lowest BCUT2D eigenvalue weighted by atomic mass is 10.2. The highest BCUT2D eigenvalue weighted by molar-refractivity contribution is 5.80. The zero-order chi connectivity index (χ0) is 15.7. The minimum atomic E-state index is -0.521. The Kier molecular flexibility index (Phi) is 7.75. The number of nitrogens with two attached hydrogens (primary N) is 1. The van der Waals surface area contributed by atoms with Gasteiger partial charge >= 0.3 is 0 Å². The number of aromatic nitrogens is 1. The molecule has 1 aromatic rings. The summed E-state index contributed by atoms with van der Waals surface area (Å²) in [5.41, 5.74) is 6.65. The third kappa shape index (κ3) is 7.09. The number of nitrogens with zero attached hydrogens (tertiary/aromatic N) is 1. The number of ether oxygens (including phenoxy) is 1. The SMILES string of the molecule is CCCCCNC(=O)C(C)Oc1ccc(CC(C)N)nc1. The largest absolute Gasteiger partial charge is 0.479 e. The highest BCUT2D eigenvalue weighted by Gasteiger charge is 2.14. The lowest BCUT2D eigenvalue weighted by molar-refractivity contribution is -0.127. The fraction of sp³-hybridized carbons (Fsp3) is 0.625. The predicted molar refractivity (Wildman–Crippen MR) is 84.2 cm³/mol. The molecule has 0 saturated carbocycles. The fourth-order valence-electron chi connectivity index (χ4n) is 1.92. The van der Waals surface area contributed by atoms with Crippen molar-refractivity contribution in [3.63, 3.8) is 0 Å². The molecule has 1 amide bonds. The van der Waals surface area contributed by atoms with Crippen molar-refractivity contribution >= 4 is 5.91 Å². The van der Waals surface area contributed by atoms with Gasteiger partial charge in [0.2, 0.25) is 0 Å². The maximum absolute atomic E-state index is 11.8. The number of amides is 1. The first-order valence-corrected chi connectivity index (χ1v) is 7.67. The van der Waals surface area contributed by atoms with E-state index in [-0.39, 0.29) is 11.9 Å². The molecule has 0 fully saturated rings. The Bertz CT molecular complexity index is 418. The van der Waals surface area contributed by atoms with Crippen LogP contribution in [0, 0.1) is 0 Å². The van der Waals surface area contributed by atoms with E-state index in [2.05, 4.69) is 17.2 Å². The molecule has 1 rings (SSSR count). The summed E-state index contributed by atoms with van der Waals surface area (Å²) in [4.78, 5) is 16.1. The summed E-state index contributed by atoms with van der Waals surface area (Å²) in [6.45, 7) is 6.52. The monoisotopic (exact) mass is 293 g/mol. The summed E-state index contributed by atoms with van der Waals surface area (Å²) in [6.07, 6.45) is 5.11. The van der Waals surface area contributed by atoms with E-state index in [0.717, 1.165) is 31.4 Å². The van der Waals surface area contributed by atoms with Crippen molar-refractivity contribution < 1.29 is 9.53 Å². The molecule has 0 aliphatic rings. The number of unbranched alkanes of at least 4 members (excludes halogenated alkanes) is 2. The molecule has 0 saturated heterocycles. The zero-order valence-electron chi connectivity index (χ0n) is 13.3. The van der Waals surface area contributed by atoms with Gasteiger partial charge in [-0.25, -0.2) is 0 Å². The Balaban J connectivity index is 2.39.